The minimum absolute atomic E-state index is 0.00997. The minimum Gasteiger partial charge on any atom is -0.491 e. The molecule has 2 saturated heterocycles. The third kappa shape index (κ3) is 11.6. The van der Waals surface area contributed by atoms with Crippen LogP contribution >= 0.6 is 0 Å². The highest BCUT2D eigenvalue weighted by atomic mass is 32.2. The maximum atomic E-state index is 15.0. The Morgan fingerprint density at radius 1 is 1.12 bits per heavy atom. The van der Waals surface area contributed by atoms with Gasteiger partial charge < -0.3 is 39.2 Å². The number of aromatic nitrogens is 1. The summed E-state index contributed by atoms with van der Waals surface area (Å²) < 4.78 is 58.3. The molecule has 6 unspecified atom stereocenters. The van der Waals surface area contributed by atoms with Crippen LogP contribution in [0.3, 0.4) is 0 Å². The number of benzene rings is 1. The number of allylic oxidation sites excluding steroid dienone is 1. The van der Waals surface area contributed by atoms with Crippen molar-refractivity contribution < 1.29 is 51.3 Å². The summed E-state index contributed by atoms with van der Waals surface area (Å²) in [5, 5.41) is 6.53. The van der Waals surface area contributed by atoms with E-state index in [2.05, 4.69) is 26.8 Å². The summed E-state index contributed by atoms with van der Waals surface area (Å²) in [6, 6.07) is 4.21. The van der Waals surface area contributed by atoms with Crippen molar-refractivity contribution in [2.24, 2.45) is 11.3 Å². The third-order valence-electron chi connectivity index (χ3n) is 13.9. The van der Waals surface area contributed by atoms with E-state index in [4.69, 9.17) is 28.7 Å². The van der Waals surface area contributed by atoms with Gasteiger partial charge >= 0.3 is 6.09 Å². The molecule has 4 fully saturated rings. The maximum absolute atomic E-state index is 15.0. The predicted octanol–water partition coefficient (Wildman–Crippen LogP) is 4.80. The fraction of sp³-hybridized carbons (Fsp3) is 0.688. The van der Waals surface area contributed by atoms with Gasteiger partial charge in [0.25, 0.3) is 5.91 Å². The highest BCUT2D eigenvalue weighted by molar-refractivity contribution is 7.91. The number of carbonyl (C=O) groups is 4. The summed E-state index contributed by atoms with van der Waals surface area (Å²) in [6.45, 7) is 15.2. The quantitative estimate of drug-likeness (QED) is 0.163. The summed E-state index contributed by atoms with van der Waals surface area (Å²) in [5.74, 6) is -0.856. The van der Waals surface area contributed by atoms with E-state index in [0.717, 1.165) is 49.7 Å². The van der Waals surface area contributed by atoms with Crippen LogP contribution in [0, 0.1) is 11.3 Å². The molecule has 0 radical (unpaired) electrons. The molecule has 3 aliphatic heterocycles. The van der Waals surface area contributed by atoms with Crippen LogP contribution in [0.25, 0.3) is 10.9 Å². The molecule has 1 aromatic carbocycles. The van der Waals surface area contributed by atoms with Crippen molar-refractivity contribution in [3.05, 3.63) is 42.5 Å². The van der Waals surface area contributed by atoms with E-state index >= 15 is 0 Å². The van der Waals surface area contributed by atoms with E-state index in [9.17, 15) is 27.6 Å². The molecule has 2 saturated carbocycles. The lowest BCUT2D eigenvalue weighted by Crippen LogP contribution is -2.59. The summed E-state index contributed by atoms with van der Waals surface area (Å²) in [7, 11) is -2.75. The molecule has 364 valence electrons. The second-order valence-electron chi connectivity index (χ2n) is 20.0. The van der Waals surface area contributed by atoms with Crippen LogP contribution in [0.2, 0.25) is 0 Å². The molecule has 4 amide bonds. The van der Waals surface area contributed by atoms with Crippen LogP contribution in [-0.4, -0.2) is 141 Å². The SMILES string of the molecule is C=CCCCC(NC(=O)C1CC2CN1C(=O)C(C(C)(C)C)NC(=O)OC1(C)CC1CCCCCc1c(nc3ccccc3c1OCCN1CCOCC1)O2)C(=O)NS(=O)(=O)C1(COC)CC1. The standard InChI is InChI=1S/C48H70N6O11S/c1-7-8-10-19-37(41(55)52-66(59,60)48(20-21-48)31-61-6)49-42(56)38-28-33-30-54(38)44(57)40(46(2,3)4)51-45(58)65-47(5)29-32(47)15-11-9-12-17-35-39(63-27-24-53-22-25-62-26-23-53)34-16-13-14-18-36(34)50-43(35)64-33/h7,13-14,16,18,32-33,37-38,40H,1,8-12,15,17,19-31H2,2-6H3,(H,49,56)(H,51,58)(H,52,55). The van der Waals surface area contributed by atoms with Gasteiger partial charge in [-0.1, -0.05) is 51.8 Å². The third-order valence-corrected chi connectivity index (χ3v) is 16.0. The fourth-order valence-electron chi connectivity index (χ4n) is 9.53. The van der Waals surface area contributed by atoms with Gasteiger partial charge in [-0.2, -0.15) is 0 Å². The first-order valence-electron chi connectivity index (χ1n) is 23.7. The largest absolute Gasteiger partial charge is 0.491 e. The normalized spacial score (nSPS) is 26.5. The Kier molecular flexibility index (Phi) is 15.5. The van der Waals surface area contributed by atoms with Crippen molar-refractivity contribution in [3.63, 3.8) is 0 Å². The first-order chi connectivity index (χ1) is 31.5. The topological polar surface area (TPSA) is 204 Å². The molecule has 17 nitrogen and oxygen atoms in total. The number of hydrogen-bond donors (Lipinski definition) is 3. The van der Waals surface area contributed by atoms with Crippen molar-refractivity contribution in [2.75, 3.05) is 59.7 Å². The number of nitrogens with zero attached hydrogens (tertiary/aromatic N) is 3. The summed E-state index contributed by atoms with van der Waals surface area (Å²) in [4.78, 5) is 66.0. The van der Waals surface area contributed by atoms with Crippen molar-refractivity contribution in [1.29, 1.82) is 0 Å². The molecule has 2 aromatic rings. The molecule has 5 aliphatic rings. The number of carbonyl (C=O) groups excluding carboxylic acids is 4. The van der Waals surface area contributed by atoms with Gasteiger partial charge in [0.05, 0.1) is 37.4 Å². The van der Waals surface area contributed by atoms with E-state index in [0.29, 0.717) is 82.0 Å². The monoisotopic (exact) mass is 938 g/mol. The molecule has 4 heterocycles. The van der Waals surface area contributed by atoms with E-state index in [1.54, 1.807) is 6.08 Å². The lowest BCUT2D eigenvalue weighted by atomic mass is 9.85. The fourth-order valence-corrected chi connectivity index (χ4v) is 11.1. The van der Waals surface area contributed by atoms with Crippen LogP contribution < -0.4 is 24.8 Å². The molecule has 6 atom stereocenters. The van der Waals surface area contributed by atoms with Gasteiger partial charge in [-0.25, -0.2) is 18.2 Å². The van der Waals surface area contributed by atoms with E-state index in [1.807, 2.05) is 52.0 Å². The molecular formula is C48H70N6O11S. The number of amides is 4. The van der Waals surface area contributed by atoms with Crippen LogP contribution in [-0.2, 0) is 45.0 Å². The lowest BCUT2D eigenvalue weighted by Gasteiger charge is -2.35. The molecular weight excluding hydrogens is 869 g/mol. The Morgan fingerprint density at radius 2 is 1.88 bits per heavy atom. The van der Waals surface area contributed by atoms with Crippen LogP contribution in [0.1, 0.15) is 104 Å². The van der Waals surface area contributed by atoms with E-state index < -0.39 is 73.8 Å². The zero-order valence-electron chi connectivity index (χ0n) is 39.4. The molecule has 2 bridgehead atoms. The van der Waals surface area contributed by atoms with Crippen molar-refractivity contribution in [1.82, 2.24) is 30.1 Å². The Hall–Kier alpha value is -4.52. The van der Waals surface area contributed by atoms with Crippen LogP contribution in [0.5, 0.6) is 11.6 Å². The number of ether oxygens (including phenoxy) is 5. The molecule has 7 rings (SSSR count). The summed E-state index contributed by atoms with van der Waals surface area (Å²) >= 11 is 0. The molecule has 66 heavy (non-hydrogen) atoms. The zero-order valence-corrected chi connectivity index (χ0v) is 40.2. The number of methoxy groups -OCH3 is 1. The molecule has 18 heteroatoms. The number of unbranched alkanes of at least 4 members (excludes halogenated alkanes) is 1. The zero-order chi connectivity index (χ0) is 47.3. The van der Waals surface area contributed by atoms with Gasteiger partial charge in [0, 0.05) is 44.5 Å². The number of nitrogens with one attached hydrogen (secondary N) is 3. The van der Waals surface area contributed by atoms with Gasteiger partial charge in [0.1, 0.15) is 46.9 Å². The van der Waals surface area contributed by atoms with Gasteiger partial charge in [-0.3, -0.25) is 24.0 Å². The number of rotatable bonds is 15. The number of hydrogen-bond acceptors (Lipinski definition) is 13. The number of fused-ring (bicyclic) bond motifs is 5. The van der Waals surface area contributed by atoms with E-state index in [-0.39, 0.29) is 31.9 Å². The van der Waals surface area contributed by atoms with E-state index in [1.165, 1.54) is 12.0 Å². The number of sulfonamides is 1. The highest BCUT2D eigenvalue weighted by Gasteiger charge is 2.56. The number of para-hydroxylation sites is 1. The van der Waals surface area contributed by atoms with Crippen molar-refractivity contribution >= 4 is 44.7 Å². The average Bonchev–Trinajstić information content (AvgIpc) is 4.15. The molecule has 1 aromatic heterocycles. The van der Waals surface area contributed by atoms with Gasteiger partial charge in [0.15, 0.2) is 0 Å². The Bertz CT molecular complexity index is 2210. The highest BCUT2D eigenvalue weighted by Crippen LogP contribution is 2.50. The number of pyridine rings is 1. The van der Waals surface area contributed by atoms with Gasteiger partial charge in [-0.05, 0) is 82.3 Å². The van der Waals surface area contributed by atoms with Crippen molar-refractivity contribution in [2.45, 2.75) is 139 Å². The van der Waals surface area contributed by atoms with Gasteiger partial charge in [0.2, 0.25) is 27.7 Å². The lowest BCUT2D eigenvalue weighted by molar-refractivity contribution is -0.142. The molecule has 3 N–H and O–H groups in total. The summed E-state index contributed by atoms with van der Waals surface area (Å²) in [6.07, 6.45) is 6.79. The van der Waals surface area contributed by atoms with Crippen LogP contribution in [0.4, 0.5) is 4.79 Å². The second kappa shape index (κ2) is 20.8. The number of alkyl carbamates (subject to hydrolysis) is 1. The smallest absolute Gasteiger partial charge is 0.408 e. The summed E-state index contributed by atoms with van der Waals surface area (Å²) in [5.41, 5.74) is -0.0111. The average molecular weight is 939 g/mol. The van der Waals surface area contributed by atoms with Gasteiger partial charge in [-0.15, -0.1) is 6.58 Å². The molecule has 2 aliphatic carbocycles. The first-order valence-corrected chi connectivity index (χ1v) is 25.2. The van der Waals surface area contributed by atoms with Crippen molar-refractivity contribution in [3.8, 4) is 11.6 Å². The predicted molar refractivity (Wildman–Crippen MR) is 247 cm³/mol. The Balaban J connectivity index is 1.22. The second-order valence-corrected chi connectivity index (χ2v) is 22.1. The maximum Gasteiger partial charge on any atom is 0.408 e. The minimum atomic E-state index is -4.15. The molecule has 0 spiro atoms. The number of morpholine rings is 1. The first kappa shape index (κ1) is 49.4. The van der Waals surface area contributed by atoms with Crippen LogP contribution in [0.15, 0.2) is 36.9 Å². The Labute approximate surface area is 389 Å². The Morgan fingerprint density at radius 3 is 2.59 bits per heavy atom.